The van der Waals surface area contributed by atoms with Gasteiger partial charge in [-0.1, -0.05) is 35.3 Å². The van der Waals surface area contributed by atoms with Crippen LogP contribution in [0.2, 0.25) is 5.02 Å². The van der Waals surface area contributed by atoms with Crippen LogP contribution in [0.3, 0.4) is 0 Å². The molecule has 174 valence electrons. The van der Waals surface area contributed by atoms with E-state index in [1.807, 2.05) is 0 Å². The first-order valence-electron chi connectivity index (χ1n) is 10.9. The standard InChI is InChI=1S/C22H23ClN4O4S2/c23-17-6-1-2-7-18(17)24-21(28)14-8-10-27(11-9-14)33(29,30)19-12-16(13-32-19)20-25-22(31-26-20)15-4-3-5-15/h1-2,6-7,12-15H,3-5,8-11H2,(H,24,28). The minimum Gasteiger partial charge on any atom is -0.339 e. The molecule has 8 nitrogen and oxygen atoms in total. The molecular weight excluding hydrogens is 484 g/mol. The van der Waals surface area contributed by atoms with Gasteiger partial charge >= 0.3 is 0 Å². The van der Waals surface area contributed by atoms with E-state index in [1.165, 1.54) is 10.7 Å². The van der Waals surface area contributed by atoms with E-state index in [-0.39, 0.29) is 29.1 Å². The average Bonchev–Trinajstić information content (AvgIpc) is 3.44. The zero-order valence-corrected chi connectivity index (χ0v) is 20.1. The number of rotatable bonds is 6. The summed E-state index contributed by atoms with van der Waals surface area (Å²) in [5, 5.41) is 9.09. The van der Waals surface area contributed by atoms with E-state index in [0.29, 0.717) is 46.7 Å². The number of thiophene rings is 1. The summed E-state index contributed by atoms with van der Waals surface area (Å²) in [5.74, 6) is 0.965. The average molecular weight is 507 g/mol. The largest absolute Gasteiger partial charge is 0.339 e. The number of carbonyl (C=O) groups excluding carboxylic acids is 1. The van der Waals surface area contributed by atoms with Crippen LogP contribution in [0.1, 0.15) is 43.9 Å². The van der Waals surface area contributed by atoms with Crippen molar-refractivity contribution in [3.05, 3.63) is 46.6 Å². The first-order valence-corrected chi connectivity index (χ1v) is 13.6. The maximum Gasteiger partial charge on any atom is 0.252 e. The molecule has 1 aliphatic carbocycles. The van der Waals surface area contributed by atoms with E-state index in [1.54, 1.807) is 35.7 Å². The highest BCUT2D eigenvalue weighted by molar-refractivity contribution is 7.91. The third kappa shape index (κ3) is 4.57. The highest BCUT2D eigenvalue weighted by Gasteiger charge is 2.33. The molecule has 1 saturated carbocycles. The number of nitrogens with one attached hydrogen (secondary N) is 1. The van der Waals surface area contributed by atoms with Crippen LogP contribution in [-0.2, 0) is 14.8 Å². The fourth-order valence-electron chi connectivity index (χ4n) is 4.03. The van der Waals surface area contributed by atoms with Crippen molar-refractivity contribution in [2.24, 2.45) is 5.92 Å². The quantitative estimate of drug-likeness (QED) is 0.516. The maximum absolute atomic E-state index is 13.2. The molecule has 5 rings (SSSR count). The predicted molar refractivity (Wildman–Crippen MR) is 126 cm³/mol. The fraction of sp³-hybridized carbons (Fsp3) is 0.409. The van der Waals surface area contributed by atoms with Crippen LogP contribution in [0.4, 0.5) is 5.69 Å². The summed E-state index contributed by atoms with van der Waals surface area (Å²) in [6, 6.07) is 8.65. The minimum atomic E-state index is -3.65. The van der Waals surface area contributed by atoms with Crippen LogP contribution in [0.15, 0.2) is 44.4 Å². The van der Waals surface area contributed by atoms with Crippen molar-refractivity contribution in [2.75, 3.05) is 18.4 Å². The van der Waals surface area contributed by atoms with E-state index in [4.69, 9.17) is 16.1 Å². The Balaban J connectivity index is 1.22. The topological polar surface area (TPSA) is 105 Å². The highest BCUT2D eigenvalue weighted by atomic mass is 35.5. The highest BCUT2D eigenvalue weighted by Crippen LogP contribution is 2.37. The Bertz CT molecular complexity index is 1260. The van der Waals surface area contributed by atoms with Gasteiger partial charge < -0.3 is 9.84 Å². The van der Waals surface area contributed by atoms with E-state index in [2.05, 4.69) is 15.5 Å². The number of nitrogens with zero attached hydrogens (tertiary/aromatic N) is 3. The Morgan fingerprint density at radius 2 is 1.94 bits per heavy atom. The van der Waals surface area contributed by atoms with E-state index in [9.17, 15) is 13.2 Å². The molecule has 11 heteroatoms. The van der Waals surface area contributed by atoms with Crippen molar-refractivity contribution < 1.29 is 17.7 Å². The van der Waals surface area contributed by atoms with Crippen LogP contribution in [0.25, 0.3) is 11.4 Å². The molecule has 1 saturated heterocycles. The lowest BCUT2D eigenvalue weighted by molar-refractivity contribution is -0.120. The van der Waals surface area contributed by atoms with Crippen molar-refractivity contribution in [3.8, 4) is 11.4 Å². The molecule has 1 aliphatic heterocycles. The van der Waals surface area contributed by atoms with Crippen LogP contribution in [0.5, 0.6) is 0 Å². The van der Waals surface area contributed by atoms with Gasteiger partial charge in [0.05, 0.1) is 10.7 Å². The number of para-hydroxylation sites is 1. The van der Waals surface area contributed by atoms with Crippen LogP contribution < -0.4 is 5.32 Å². The molecule has 0 radical (unpaired) electrons. The number of piperidine rings is 1. The summed E-state index contributed by atoms with van der Waals surface area (Å²) in [5.41, 5.74) is 1.20. The summed E-state index contributed by atoms with van der Waals surface area (Å²) in [6.07, 6.45) is 4.17. The van der Waals surface area contributed by atoms with Gasteiger partial charge in [0.15, 0.2) is 0 Å². The first-order chi connectivity index (χ1) is 15.9. The normalized spacial score (nSPS) is 18.2. The molecule has 2 fully saturated rings. The van der Waals surface area contributed by atoms with Gasteiger partial charge in [-0.2, -0.15) is 9.29 Å². The minimum absolute atomic E-state index is 0.141. The van der Waals surface area contributed by atoms with Crippen molar-refractivity contribution in [1.82, 2.24) is 14.4 Å². The van der Waals surface area contributed by atoms with Gasteiger partial charge in [0.25, 0.3) is 10.0 Å². The zero-order valence-electron chi connectivity index (χ0n) is 17.7. The Morgan fingerprint density at radius 3 is 2.64 bits per heavy atom. The van der Waals surface area contributed by atoms with Crippen molar-refractivity contribution >= 4 is 44.6 Å². The van der Waals surface area contributed by atoms with Gasteiger partial charge in [-0.25, -0.2) is 8.42 Å². The second kappa shape index (κ2) is 9.17. The third-order valence-corrected chi connectivity index (χ3v) is 9.92. The predicted octanol–water partition coefficient (Wildman–Crippen LogP) is 4.76. The number of aromatic nitrogens is 2. The van der Waals surface area contributed by atoms with Gasteiger partial charge in [-0.15, -0.1) is 11.3 Å². The first kappa shape index (κ1) is 22.5. The van der Waals surface area contributed by atoms with Crippen molar-refractivity contribution in [3.63, 3.8) is 0 Å². The number of amides is 1. The van der Waals surface area contributed by atoms with Crippen LogP contribution in [-0.4, -0.2) is 41.9 Å². The van der Waals surface area contributed by atoms with Crippen molar-refractivity contribution in [1.29, 1.82) is 0 Å². The van der Waals surface area contributed by atoms with E-state index < -0.39 is 10.0 Å². The molecule has 3 heterocycles. The second-order valence-electron chi connectivity index (χ2n) is 8.39. The molecule has 3 aromatic rings. The van der Waals surface area contributed by atoms with Gasteiger partial charge in [0, 0.05) is 35.9 Å². The molecule has 0 unspecified atom stereocenters. The maximum atomic E-state index is 13.2. The van der Waals surface area contributed by atoms with Gasteiger partial charge in [-0.3, -0.25) is 4.79 Å². The molecule has 1 N–H and O–H groups in total. The smallest absolute Gasteiger partial charge is 0.252 e. The van der Waals surface area contributed by atoms with Crippen molar-refractivity contribution in [2.45, 2.75) is 42.2 Å². The molecule has 0 spiro atoms. The number of halogens is 1. The molecule has 2 aromatic heterocycles. The monoisotopic (exact) mass is 506 g/mol. The summed E-state index contributed by atoms with van der Waals surface area (Å²) < 4.78 is 33.4. The Labute approximate surface area is 201 Å². The number of sulfonamides is 1. The van der Waals surface area contributed by atoms with Gasteiger partial charge in [0.2, 0.25) is 17.6 Å². The molecule has 1 amide bonds. The van der Waals surface area contributed by atoms with E-state index in [0.717, 1.165) is 24.2 Å². The lowest BCUT2D eigenvalue weighted by Gasteiger charge is -2.30. The molecular formula is C22H23ClN4O4S2. The Hall–Kier alpha value is -2.27. The molecule has 33 heavy (non-hydrogen) atoms. The zero-order chi connectivity index (χ0) is 23.0. The van der Waals surface area contributed by atoms with E-state index >= 15 is 0 Å². The molecule has 2 aliphatic rings. The third-order valence-electron chi connectivity index (χ3n) is 6.28. The Kier molecular flexibility index (Phi) is 6.26. The summed E-state index contributed by atoms with van der Waals surface area (Å²) in [6.45, 7) is 0.564. The molecule has 0 atom stereocenters. The lowest BCUT2D eigenvalue weighted by Crippen LogP contribution is -2.41. The summed E-state index contributed by atoms with van der Waals surface area (Å²) in [4.78, 5) is 17.1. The Morgan fingerprint density at radius 1 is 1.18 bits per heavy atom. The lowest BCUT2D eigenvalue weighted by atomic mass is 9.85. The van der Waals surface area contributed by atoms with Gasteiger partial charge in [-0.05, 0) is 43.9 Å². The number of hydrogen-bond donors (Lipinski definition) is 1. The number of carbonyl (C=O) groups is 1. The van der Waals surface area contributed by atoms with Crippen LogP contribution in [0, 0.1) is 5.92 Å². The number of benzene rings is 1. The molecule has 0 bridgehead atoms. The SMILES string of the molecule is O=C(Nc1ccccc1Cl)C1CCN(S(=O)(=O)c2cc(-c3noc(C4CCC4)n3)cs2)CC1. The van der Waals surface area contributed by atoms with Gasteiger partial charge in [0.1, 0.15) is 4.21 Å². The summed E-state index contributed by atoms with van der Waals surface area (Å²) >= 11 is 7.26. The second-order valence-corrected chi connectivity index (χ2v) is 11.9. The number of anilines is 1. The number of hydrogen-bond acceptors (Lipinski definition) is 7. The molecule has 1 aromatic carbocycles. The van der Waals surface area contributed by atoms with Crippen LogP contribution >= 0.6 is 22.9 Å². The summed E-state index contributed by atoms with van der Waals surface area (Å²) in [7, 11) is -3.65. The fourth-order valence-corrected chi connectivity index (χ4v) is 6.99.